The minimum atomic E-state index is 0.924. The van der Waals surface area contributed by atoms with E-state index in [0.29, 0.717) is 0 Å². The smallest absolute Gasteiger partial charge is 0.0944 e. The number of nitrogens with one attached hydrogen (secondary N) is 1. The molecule has 1 N–H and O–H groups in total. The zero-order chi connectivity index (χ0) is 14.8. The van der Waals surface area contributed by atoms with Crippen molar-refractivity contribution in [2.75, 3.05) is 31.1 Å². The molecular formula is C17H17N5. The molecule has 5 nitrogen and oxygen atoms in total. The Labute approximate surface area is 129 Å². The van der Waals surface area contributed by atoms with Crippen LogP contribution in [0, 0.1) is 0 Å². The van der Waals surface area contributed by atoms with Gasteiger partial charge in [0.05, 0.1) is 23.1 Å². The first kappa shape index (κ1) is 13.2. The Morgan fingerprint density at radius 3 is 2.55 bits per heavy atom. The third-order valence-electron chi connectivity index (χ3n) is 4.01. The summed E-state index contributed by atoms with van der Waals surface area (Å²) >= 11 is 0. The topological polar surface area (TPSA) is 53.9 Å². The number of aromatic nitrogens is 3. The van der Waals surface area contributed by atoms with Gasteiger partial charge < -0.3 is 10.2 Å². The summed E-state index contributed by atoms with van der Waals surface area (Å²) in [6.45, 7) is 4.00. The fourth-order valence-electron chi connectivity index (χ4n) is 2.87. The van der Waals surface area contributed by atoms with Gasteiger partial charge in [-0.1, -0.05) is 0 Å². The summed E-state index contributed by atoms with van der Waals surface area (Å²) in [7, 11) is 0. The van der Waals surface area contributed by atoms with Crippen LogP contribution in [0.5, 0.6) is 0 Å². The number of anilines is 1. The van der Waals surface area contributed by atoms with Crippen LogP contribution in [0.15, 0.2) is 49.1 Å². The molecule has 1 saturated heterocycles. The van der Waals surface area contributed by atoms with E-state index in [1.807, 2.05) is 43.0 Å². The highest BCUT2D eigenvalue weighted by Gasteiger charge is 2.17. The van der Waals surface area contributed by atoms with Crippen LogP contribution in [0.2, 0.25) is 0 Å². The van der Waals surface area contributed by atoms with E-state index in [9.17, 15) is 0 Å². The molecule has 3 aromatic rings. The van der Waals surface area contributed by atoms with Crippen LogP contribution in [-0.2, 0) is 0 Å². The molecule has 1 aliphatic heterocycles. The second-order valence-electron chi connectivity index (χ2n) is 5.40. The predicted molar refractivity (Wildman–Crippen MR) is 87.9 cm³/mol. The van der Waals surface area contributed by atoms with E-state index in [4.69, 9.17) is 4.98 Å². The van der Waals surface area contributed by atoms with Crippen molar-refractivity contribution < 1.29 is 0 Å². The summed E-state index contributed by atoms with van der Waals surface area (Å²) in [5.41, 5.74) is 4.21. The van der Waals surface area contributed by atoms with Crippen molar-refractivity contribution in [3.05, 3.63) is 49.1 Å². The van der Waals surface area contributed by atoms with Crippen LogP contribution in [0.4, 0.5) is 5.69 Å². The first-order valence-corrected chi connectivity index (χ1v) is 7.53. The highest BCUT2D eigenvalue weighted by Crippen LogP contribution is 2.32. The van der Waals surface area contributed by atoms with Crippen molar-refractivity contribution in [1.29, 1.82) is 0 Å². The highest BCUT2D eigenvalue weighted by atomic mass is 15.2. The number of piperazine rings is 1. The van der Waals surface area contributed by atoms with Crippen LogP contribution in [-0.4, -0.2) is 41.1 Å². The summed E-state index contributed by atoms with van der Waals surface area (Å²) in [5, 5.41) is 4.53. The van der Waals surface area contributed by atoms with E-state index in [0.717, 1.165) is 48.3 Å². The molecule has 1 fully saturated rings. The molecule has 0 amide bonds. The van der Waals surface area contributed by atoms with Gasteiger partial charge in [0.25, 0.3) is 0 Å². The van der Waals surface area contributed by atoms with Crippen LogP contribution in [0.1, 0.15) is 0 Å². The lowest BCUT2D eigenvalue weighted by Gasteiger charge is -2.31. The van der Waals surface area contributed by atoms with Gasteiger partial charge in [0.15, 0.2) is 0 Å². The molecule has 0 spiro atoms. The lowest BCUT2D eigenvalue weighted by atomic mass is 10.1. The van der Waals surface area contributed by atoms with Crippen molar-refractivity contribution >= 4 is 16.6 Å². The van der Waals surface area contributed by atoms with E-state index >= 15 is 0 Å². The molecule has 0 unspecified atom stereocenters. The SMILES string of the molecule is c1cc(-c2nc3cnccc3cc2N2CCNCC2)ccn1. The maximum Gasteiger partial charge on any atom is 0.0944 e. The van der Waals surface area contributed by atoms with E-state index < -0.39 is 0 Å². The molecule has 0 saturated carbocycles. The average Bonchev–Trinajstić information content (AvgIpc) is 2.62. The molecule has 5 heteroatoms. The van der Waals surface area contributed by atoms with Gasteiger partial charge in [-0.2, -0.15) is 0 Å². The van der Waals surface area contributed by atoms with E-state index in [1.165, 1.54) is 5.69 Å². The lowest BCUT2D eigenvalue weighted by molar-refractivity contribution is 0.589. The predicted octanol–water partition coefficient (Wildman–Crippen LogP) is 2.10. The molecule has 22 heavy (non-hydrogen) atoms. The molecule has 0 radical (unpaired) electrons. The molecule has 3 aromatic heterocycles. The van der Waals surface area contributed by atoms with Gasteiger partial charge in [0, 0.05) is 55.7 Å². The van der Waals surface area contributed by atoms with Crippen molar-refractivity contribution in [3.8, 4) is 11.3 Å². The van der Waals surface area contributed by atoms with Crippen LogP contribution in [0.3, 0.4) is 0 Å². The molecule has 0 bridgehead atoms. The molecule has 0 aliphatic carbocycles. The standard InChI is InChI=1S/C17H17N5/c1-4-18-5-2-13(1)17-16(22-9-7-19-8-10-22)11-14-3-6-20-12-15(14)21-17/h1-6,11-12,19H,7-10H2. The number of rotatable bonds is 2. The maximum absolute atomic E-state index is 4.87. The van der Waals surface area contributed by atoms with Crippen LogP contribution in [0.25, 0.3) is 22.2 Å². The molecule has 0 atom stereocenters. The Bertz CT molecular complexity index is 781. The zero-order valence-corrected chi connectivity index (χ0v) is 12.2. The Balaban J connectivity index is 1.91. The van der Waals surface area contributed by atoms with Gasteiger partial charge in [0.1, 0.15) is 0 Å². The second-order valence-corrected chi connectivity index (χ2v) is 5.40. The summed E-state index contributed by atoms with van der Waals surface area (Å²) in [4.78, 5) is 15.6. The molecule has 0 aromatic carbocycles. The number of hydrogen-bond donors (Lipinski definition) is 1. The average molecular weight is 291 g/mol. The molecule has 110 valence electrons. The van der Waals surface area contributed by atoms with Gasteiger partial charge in [-0.25, -0.2) is 4.98 Å². The van der Waals surface area contributed by atoms with Gasteiger partial charge >= 0.3 is 0 Å². The van der Waals surface area contributed by atoms with Crippen LogP contribution < -0.4 is 10.2 Å². The highest BCUT2D eigenvalue weighted by molar-refractivity contribution is 5.88. The Morgan fingerprint density at radius 2 is 1.73 bits per heavy atom. The third kappa shape index (κ3) is 2.40. The van der Waals surface area contributed by atoms with Crippen molar-refractivity contribution in [2.24, 2.45) is 0 Å². The van der Waals surface area contributed by atoms with Gasteiger partial charge in [-0.3, -0.25) is 9.97 Å². The Kier molecular flexibility index (Phi) is 3.40. The normalized spacial score (nSPS) is 15.2. The fraction of sp³-hybridized carbons (Fsp3) is 0.235. The minimum absolute atomic E-state index is 0.924. The molecule has 4 rings (SSSR count). The monoisotopic (exact) mass is 291 g/mol. The molecule has 1 aliphatic rings. The molecule has 4 heterocycles. The van der Waals surface area contributed by atoms with Gasteiger partial charge in [0.2, 0.25) is 0 Å². The van der Waals surface area contributed by atoms with Crippen molar-refractivity contribution in [2.45, 2.75) is 0 Å². The van der Waals surface area contributed by atoms with E-state index in [1.54, 1.807) is 0 Å². The fourth-order valence-corrected chi connectivity index (χ4v) is 2.87. The van der Waals surface area contributed by atoms with Gasteiger partial charge in [-0.05, 0) is 24.3 Å². The quantitative estimate of drug-likeness (QED) is 0.783. The second kappa shape index (κ2) is 5.69. The molecular weight excluding hydrogens is 274 g/mol. The number of nitrogens with zero attached hydrogens (tertiary/aromatic N) is 4. The lowest BCUT2D eigenvalue weighted by Crippen LogP contribution is -2.43. The largest absolute Gasteiger partial charge is 0.367 e. The first-order valence-electron chi connectivity index (χ1n) is 7.53. The van der Waals surface area contributed by atoms with Crippen molar-refractivity contribution in [1.82, 2.24) is 20.3 Å². The van der Waals surface area contributed by atoms with E-state index in [-0.39, 0.29) is 0 Å². The van der Waals surface area contributed by atoms with Crippen molar-refractivity contribution in [3.63, 3.8) is 0 Å². The van der Waals surface area contributed by atoms with Crippen LogP contribution >= 0.6 is 0 Å². The number of pyridine rings is 3. The summed E-state index contributed by atoms with van der Waals surface area (Å²) in [6.07, 6.45) is 7.26. The minimum Gasteiger partial charge on any atom is -0.367 e. The summed E-state index contributed by atoms with van der Waals surface area (Å²) in [6, 6.07) is 8.27. The third-order valence-corrected chi connectivity index (χ3v) is 4.01. The number of hydrogen-bond acceptors (Lipinski definition) is 5. The van der Waals surface area contributed by atoms with Gasteiger partial charge in [-0.15, -0.1) is 0 Å². The first-order chi connectivity index (χ1) is 10.9. The Hall–Kier alpha value is -2.53. The van der Waals surface area contributed by atoms with E-state index in [2.05, 4.69) is 26.3 Å². The summed E-state index contributed by atoms with van der Waals surface area (Å²) in [5.74, 6) is 0. The summed E-state index contributed by atoms with van der Waals surface area (Å²) < 4.78 is 0. The maximum atomic E-state index is 4.87. The number of fused-ring (bicyclic) bond motifs is 1. The zero-order valence-electron chi connectivity index (χ0n) is 12.2. The Morgan fingerprint density at radius 1 is 0.955 bits per heavy atom.